The van der Waals surface area contributed by atoms with E-state index in [0.717, 1.165) is 5.56 Å². The molecule has 1 atom stereocenters. The Hall–Kier alpha value is -1.61. The Morgan fingerprint density at radius 1 is 1.35 bits per heavy atom. The Kier molecular flexibility index (Phi) is 3.03. The second-order valence-electron chi connectivity index (χ2n) is 4.85. The zero-order valence-corrected chi connectivity index (χ0v) is 10.1. The third kappa shape index (κ3) is 1.98. The Morgan fingerprint density at radius 2 is 2.00 bits per heavy atom. The standard InChI is InChI=1S/C14H17NO2/c1-14(2)12(15(10-16)13(14)17)9-8-11-6-4-3-5-7-11/h3-9,12,16H,10H2,1-2H3/b9-8+/t12-/m0/s1. The summed E-state index contributed by atoms with van der Waals surface area (Å²) in [5.74, 6) is 0.00251. The van der Waals surface area contributed by atoms with Gasteiger partial charge in [0.15, 0.2) is 0 Å². The van der Waals surface area contributed by atoms with Gasteiger partial charge in [-0.15, -0.1) is 0 Å². The highest BCUT2D eigenvalue weighted by molar-refractivity contribution is 5.90. The molecule has 0 bridgehead atoms. The van der Waals surface area contributed by atoms with Gasteiger partial charge >= 0.3 is 0 Å². The van der Waals surface area contributed by atoms with E-state index in [4.69, 9.17) is 5.11 Å². The molecule has 0 unspecified atom stereocenters. The first kappa shape index (κ1) is 11.9. The van der Waals surface area contributed by atoms with Gasteiger partial charge in [-0.3, -0.25) is 4.79 Å². The minimum absolute atomic E-state index is 0.00251. The Labute approximate surface area is 101 Å². The molecule has 0 radical (unpaired) electrons. The zero-order chi connectivity index (χ0) is 12.5. The fourth-order valence-electron chi connectivity index (χ4n) is 2.21. The summed E-state index contributed by atoms with van der Waals surface area (Å²) >= 11 is 0. The number of hydrogen-bond acceptors (Lipinski definition) is 2. The second-order valence-corrected chi connectivity index (χ2v) is 4.85. The lowest BCUT2D eigenvalue weighted by Gasteiger charge is -2.50. The third-order valence-electron chi connectivity index (χ3n) is 3.31. The molecule has 1 amide bonds. The van der Waals surface area contributed by atoms with E-state index in [1.165, 1.54) is 4.90 Å². The summed E-state index contributed by atoms with van der Waals surface area (Å²) in [6.07, 6.45) is 3.97. The van der Waals surface area contributed by atoms with Crippen LogP contribution in [0, 0.1) is 5.41 Å². The van der Waals surface area contributed by atoms with Crippen molar-refractivity contribution in [3.63, 3.8) is 0 Å². The fourth-order valence-corrected chi connectivity index (χ4v) is 2.21. The molecular weight excluding hydrogens is 214 g/mol. The van der Waals surface area contributed by atoms with Crippen LogP contribution in [0.25, 0.3) is 6.08 Å². The number of likely N-dealkylation sites (tertiary alicyclic amines) is 1. The molecule has 1 fully saturated rings. The highest BCUT2D eigenvalue weighted by Crippen LogP contribution is 2.39. The molecule has 0 saturated carbocycles. The van der Waals surface area contributed by atoms with Crippen molar-refractivity contribution in [2.45, 2.75) is 19.9 Å². The normalized spacial score (nSPS) is 22.9. The van der Waals surface area contributed by atoms with E-state index in [-0.39, 0.29) is 18.7 Å². The van der Waals surface area contributed by atoms with Crippen LogP contribution in [-0.2, 0) is 4.79 Å². The van der Waals surface area contributed by atoms with Crippen LogP contribution in [0.4, 0.5) is 0 Å². The first-order valence-corrected chi connectivity index (χ1v) is 5.72. The van der Waals surface area contributed by atoms with Gasteiger partial charge in [-0.25, -0.2) is 0 Å². The van der Waals surface area contributed by atoms with E-state index in [2.05, 4.69) is 0 Å². The van der Waals surface area contributed by atoms with Gasteiger partial charge in [0.2, 0.25) is 5.91 Å². The summed E-state index contributed by atoms with van der Waals surface area (Å²) < 4.78 is 0. The van der Waals surface area contributed by atoms with Gasteiger partial charge in [0, 0.05) is 0 Å². The van der Waals surface area contributed by atoms with Crippen LogP contribution in [0.1, 0.15) is 19.4 Å². The van der Waals surface area contributed by atoms with E-state index in [0.29, 0.717) is 0 Å². The summed E-state index contributed by atoms with van der Waals surface area (Å²) in [6, 6.07) is 9.90. The van der Waals surface area contributed by atoms with Crippen molar-refractivity contribution in [1.29, 1.82) is 0 Å². The van der Waals surface area contributed by atoms with Crippen LogP contribution in [0.5, 0.6) is 0 Å². The zero-order valence-electron chi connectivity index (χ0n) is 10.1. The van der Waals surface area contributed by atoms with Gasteiger partial charge in [-0.1, -0.05) is 42.5 Å². The Balaban J connectivity index is 2.13. The van der Waals surface area contributed by atoms with E-state index in [1.807, 2.05) is 56.3 Å². The number of hydrogen-bond donors (Lipinski definition) is 1. The maximum Gasteiger partial charge on any atom is 0.232 e. The van der Waals surface area contributed by atoms with E-state index >= 15 is 0 Å². The first-order chi connectivity index (χ1) is 8.07. The number of benzene rings is 1. The molecule has 0 aromatic heterocycles. The molecule has 17 heavy (non-hydrogen) atoms. The van der Waals surface area contributed by atoms with Crippen molar-refractivity contribution in [3.8, 4) is 0 Å². The molecule has 1 heterocycles. The molecule has 1 aliphatic heterocycles. The van der Waals surface area contributed by atoms with Gasteiger partial charge in [-0.05, 0) is 19.4 Å². The molecule has 3 nitrogen and oxygen atoms in total. The number of rotatable bonds is 3. The van der Waals surface area contributed by atoms with Crippen molar-refractivity contribution < 1.29 is 9.90 Å². The maximum atomic E-state index is 11.7. The van der Waals surface area contributed by atoms with E-state index < -0.39 is 5.41 Å². The lowest BCUT2D eigenvalue weighted by molar-refractivity contribution is -0.170. The van der Waals surface area contributed by atoms with Gasteiger partial charge in [0.05, 0.1) is 11.5 Å². The summed E-state index contributed by atoms with van der Waals surface area (Å²) in [6.45, 7) is 3.59. The summed E-state index contributed by atoms with van der Waals surface area (Å²) in [5, 5.41) is 9.13. The monoisotopic (exact) mass is 231 g/mol. The molecule has 90 valence electrons. The molecule has 1 aliphatic rings. The van der Waals surface area contributed by atoms with Crippen molar-refractivity contribution >= 4 is 12.0 Å². The van der Waals surface area contributed by atoms with Crippen molar-refractivity contribution in [3.05, 3.63) is 42.0 Å². The number of aliphatic hydroxyl groups is 1. The second kappa shape index (κ2) is 4.34. The van der Waals surface area contributed by atoms with Crippen LogP contribution in [0.3, 0.4) is 0 Å². The quantitative estimate of drug-likeness (QED) is 0.807. The first-order valence-electron chi connectivity index (χ1n) is 5.72. The molecule has 1 N–H and O–H groups in total. The fraction of sp³-hybridized carbons (Fsp3) is 0.357. The van der Waals surface area contributed by atoms with Crippen molar-refractivity contribution in [2.75, 3.05) is 6.73 Å². The average molecular weight is 231 g/mol. The Bertz CT molecular complexity index is 437. The van der Waals surface area contributed by atoms with Crippen LogP contribution >= 0.6 is 0 Å². The molecule has 1 aromatic carbocycles. The molecule has 0 aliphatic carbocycles. The van der Waals surface area contributed by atoms with Crippen LogP contribution < -0.4 is 0 Å². The lowest BCUT2D eigenvalue weighted by Crippen LogP contribution is -2.65. The number of aliphatic hydroxyl groups excluding tert-OH is 1. The minimum atomic E-state index is -0.409. The van der Waals surface area contributed by atoms with Gasteiger partial charge in [-0.2, -0.15) is 0 Å². The average Bonchev–Trinajstić information content (AvgIpc) is 2.34. The summed E-state index contributed by atoms with van der Waals surface area (Å²) in [5.41, 5.74) is 0.689. The van der Waals surface area contributed by atoms with Crippen molar-refractivity contribution in [2.24, 2.45) is 5.41 Å². The number of amides is 1. The molecule has 1 saturated heterocycles. The van der Waals surface area contributed by atoms with E-state index in [9.17, 15) is 4.79 Å². The lowest BCUT2D eigenvalue weighted by atomic mass is 9.74. The number of nitrogens with zero attached hydrogens (tertiary/aromatic N) is 1. The smallest absolute Gasteiger partial charge is 0.232 e. The molecule has 0 spiro atoms. The van der Waals surface area contributed by atoms with Crippen molar-refractivity contribution in [1.82, 2.24) is 4.90 Å². The van der Waals surface area contributed by atoms with Crippen LogP contribution in [-0.4, -0.2) is 28.7 Å². The predicted octanol–water partition coefficient (Wildman–Crippen LogP) is 1.89. The highest BCUT2D eigenvalue weighted by Gasteiger charge is 2.52. The number of carbonyl (C=O) groups is 1. The van der Waals surface area contributed by atoms with E-state index in [1.54, 1.807) is 0 Å². The summed E-state index contributed by atoms with van der Waals surface area (Å²) in [7, 11) is 0. The third-order valence-corrected chi connectivity index (χ3v) is 3.31. The van der Waals surface area contributed by atoms with Gasteiger partial charge in [0.25, 0.3) is 0 Å². The molecule has 2 rings (SSSR count). The largest absolute Gasteiger partial charge is 0.376 e. The minimum Gasteiger partial charge on any atom is -0.376 e. The molecule has 3 heteroatoms. The Morgan fingerprint density at radius 3 is 2.59 bits per heavy atom. The predicted molar refractivity (Wildman–Crippen MR) is 67.0 cm³/mol. The summed E-state index contributed by atoms with van der Waals surface area (Å²) in [4.78, 5) is 13.1. The SMILES string of the molecule is CC1(C)C(=O)N(CO)[C@H]1/C=C/c1ccccc1. The molecular formula is C14H17NO2. The van der Waals surface area contributed by atoms with Crippen LogP contribution in [0.2, 0.25) is 0 Å². The highest BCUT2D eigenvalue weighted by atomic mass is 16.3. The topological polar surface area (TPSA) is 40.5 Å². The van der Waals surface area contributed by atoms with Gasteiger partial charge in [0.1, 0.15) is 6.73 Å². The maximum absolute atomic E-state index is 11.7. The number of carbonyl (C=O) groups excluding carboxylic acids is 1. The van der Waals surface area contributed by atoms with Gasteiger partial charge < -0.3 is 10.0 Å². The number of β-lactam (4-membered cyclic amide) rings is 1. The van der Waals surface area contributed by atoms with Crippen LogP contribution in [0.15, 0.2) is 36.4 Å². The molecule has 1 aromatic rings.